The van der Waals surface area contributed by atoms with Crippen LogP contribution in [0.3, 0.4) is 0 Å². The van der Waals surface area contributed by atoms with Gasteiger partial charge in [-0.1, -0.05) is 69.5 Å². The number of carbonyl (C=O) groups excluding carboxylic acids is 1. The number of para-hydroxylation sites is 1. The van der Waals surface area contributed by atoms with Crippen LogP contribution in [0.5, 0.6) is 0 Å². The molecule has 0 bridgehead atoms. The van der Waals surface area contributed by atoms with Crippen LogP contribution < -0.4 is 4.90 Å². The highest BCUT2D eigenvalue weighted by atomic mass is 79.9. The van der Waals surface area contributed by atoms with Crippen molar-refractivity contribution in [2.24, 2.45) is 0 Å². The van der Waals surface area contributed by atoms with Gasteiger partial charge in [-0.3, -0.25) is 9.69 Å². The second-order valence-electron chi connectivity index (χ2n) is 6.92. The highest BCUT2D eigenvalue weighted by molar-refractivity contribution is 9.10. The van der Waals surface area contributed by atoms with Gasteiger partial charge in [0, 0.05) is 14.5 Å². The van der Waals surface area contributed by atoms with Crippen molar-refractivity contribution in [3.8, 4) is 0 Å². The van der Waals surface area contributed by atoms with Gasteiger partial charge in [-0.2, -0.15) is 0 Å². The average molecular weight is 461 g/mol. The molecule has 0 saturated carbocycles. The topological polar surface area (TPSA) is 20.3 Å². The Morgan fingerprint density at radius 3 is 2.26 bits per heavy atom. The summed E-state index contributed by atoms with van der Waals surface area (Å²) < 4.78 is 1.02. The summed E-state index contributed by atoms with van der Waals surface area (Å²) >= 11 is 15.8. The van der Waals surface area contributed by atoms with Gasteiger partial charge in [-0.15, -0.1) is 0 Å². The SMILES string of the molecule is CC1(Cc2ccc(Br)cc2)C(=O)N(c2cc(Cl)cc(Cl)c2)c2ccccc21. The Balaban J connectivity index is 1.82. The summed E-state index contributed by atoms with van der Waals surface area (Å²) in [5.41, 5.74) is 3.01. The summed E-state index contributed by atoms with van der Waals surface area (Å²) in [6.07, 6.45) is 0.612. The van der Waals surface area contributed by atoms with Crippen LogP contribution in [-0.2, 0) is 16.6 Å². The molecule has 27 heavy (non-hydrogen) atoms. The van der Waals surface area contributed by atoms with E-state index < -0.39 is 5.41 Å². The zero-order valence-corrected chi connectivity index (χ0v) is 17.6. The predicted octanol–water partition coefficient (Wildman–Crippen LogP) is 6.93. The number of hydrogen-bond donors (Lipinski definition) is 0. The summed E-state index contributed by atoms with van der Waals surface area (Å²) in [5.74, 6) is 0.0185. The standard InChI is InChI=1S/C22H16BrCl2NO/c1-22(13-14-6-8-15(23)9-7-14)19-4-2-3-5-20(19)26(21(22)27)18-11-16(24)10-17(25)12-18/h2-12H,13H2,1H3. The highest BCUT2D eigenvalue weighted by Crippen LogP contribution is 2.47. The van der Waals surface area contributed by atoms with Crippen LogP contribution in [-0.4, -0.2) is 5.91 Å². The number of hydrogen-bond acceptors (Lipinski definition) is 1. The molecule has 2 nitrogen and oxygen atoms in total. The largest absolute Gasteiger partial charge is 0.280 e. The first-order chi connectivity index (χ1) is 12.9. The third kappa shape index (κ3) is 3.29. The maximum Gasteiger partial charge on any atom is 0.242 e. The molecular weight excluding hydrogens is 445 g/mol. The van der Waals surface area contributed by atoms with Gasteiger partial charge < -0.3 is 0 Å². The molecule has 0 N–H and O–H groups in total. The summed E-state index contributed by atoms with van der Waals surface area (Å²) in [6.45, 7) is 2.00. The van der Waals surface area contributed by atoms with E-state index in [4.69, 9.17) is 23.2 Å². The average Bonchev–Trinajstić information content (AvgIpc) is 2.84. The molecule has 0 fully saturated rings. The third-order valence-electron chi connectivity index (χ3n) is 4.99. The fourth-order valence-corrected chi connectivity index (χ4v) is 4.49. The molecule has 1 aliphatic rings. The van der Waals surface area contributed by atoms with Gasteiger partial charge in [-0.25, -0.2) is 0 Å². The zero-order valence-electron chi connectivity index (χ0n) is 14.5. The van der Waals surface area contributed by atoms with Crippen molar-refractivity contribution in [2.75, 3.05) is 4.90 Å². The van der Waals surface area contributed by atoms with Gasteiger partial charge in [0.2, 0.25) is 5.91 Å². The minimum Gasteiger partial charge on any atom is -0.280 e. The minimum atomic E-state index is -0.667. The molecule has 1 aliphatic heterocycles. The molecule has 0 aromatic heterocycles. The first kappa shape index (κ1) is 18.5. The zero-order chi connectivity index (χ0) is 19.2. The molecule has 1 unspecified atom stereocenters. The number of fused-ring (bicyclic) bond motifs is 1. The molecule has 1 atom stereocenters. The lowest BCUT2D eigenvalue weighted by Gasteiger charge is -2.25. The van der Waals surface area contributed by atoms with Crippen molar-refractivity contribution in [3.63, 3.8) is 0 Å². The van der Waals surface area contributed by atoms with Gasteiger partial charge in [0.05, 0.1) is 16.8 Å². The van der Waals surface area contributed by atoms with Crippen molar-refractivity contribution < 1.29 is 4.79 Å². The normalized spacial score (nSPS) is 18.7. The van der Waals surface area contributed by atoms with Gasteiger partial charge in [0.1, 0.15) is 0 Å². The maximum atomic E-state index is 13.6. The molecule has 136 valence electrons. The van der Waals surface area contributed by atoms with Crippen LogP contribution in [0.15, 0.2) is 71.2 Å². The van der Waals surface area contributed by atoms with Crippen molar-refractivity contribution >= 4 is 56.4 Å². The molecule has 3 aromatic rings. The van der Waals surface area contributed by atoms with Crippen molar-refractivity contribution in [1.29, 1.82) is 0 Å². The summed E-state index contributed by atoms with van der Waals surface area (Å²) in [6, 6.07) is 21.2. The summed E-state index contributed by atoms with van der Waals surface area (Å²) in [4.78, 5) is 15.3. The Bertz CT molecular complexity index is 1010. The monoisotopic (exact) mass is 459 g/mol. The lowest BCUT2D eigenvalue weighted by atomic mass is 9.78. The van der Waals surface area contributed by atoms with Crippen molar-refractivity contribution in [2.45, 2.75) is 18.8 Å². The number of anilines is 2. The maximum absolute atomic E-state index is 13.6. The van der Waals surface area contributed by atoms with Gasteiger partial charge in [0.25, 0.3) is 0 Å². The molecule has 0 aliphatic carbocycles. The van der Waals surface area contributed by atoms with E-state index in [1.807, 2.05) is 55.5 Å². The Morgan fingerprint density at radius 2 is 1.59 bits per heavy atom. The fraction of sp³-hybridized carbons (Fsp3) is 0.136. The molecule has 1 heterocycles. The predicted molar refractivity (Wildman–Crippen MR) is 115 cm³/mol. The highest BCUT2D eigenvalue weighted by Gasteiger charge is 2.47. The number of nitrogens with zero attached hydrogens (tertiary/aromatic N) is 1. The van der Waals surface area contributed by atoms with Crippen LogP contribution in [0.1, 0.15) is 18.1 Å². The Kier molecular flexibility index (Phi) is 4.79. The Labute approximate surface area is 176 Å². The number of benzene rings is 3. The molecule has 0 radical (unpaired) electrons. The molecule has 0 saturated heterocycles. The van der Waals surface area contributed by atoms with Crippen LogP contribution in [0.4, 0.5) is 11.4 Å². The van der Waals surface area contributed by atoms with Crippen molar-refractivity contribution in [3.05, 3.63) is 92.4 Å². The van der Waals surface area contributed by atoms with E-state index in [-0.39, 0.29) is 5.91 Å². The first-order valence-electron chi connectivity index (χ1n) is 8.53. The quantitative estimate of drug-likeness (QED) is 0.414. The van der Waals surface area contributed by atoms with Gasteiger partial charge in [0.15, 0.2) is 0 Å². The van der Waals surface area contributed by atoms with Crippen LogP contribution in [0.2, 0.25) is 10.0 Å². The lowest BCUT2D eigenvalue weighted by molar-refractivity contribution is -0.121. The molecule has 1 amide bonds. The second-order valence-corrected chi connectivity index (χ2v) is 8.71. The smallest absolute Gasteiger partial charge is 0.242 e. The lowest BCUT2D eigenvalue weighted by Crippen LogP contribution is -2.37. The van der Waals surface area contributed by atoms with E-state index in [0.29, 0.717) is 22.2 Å². The van der Waals surface area contributed by atoms with E-state index in [0.717, 1.165) is 21.3 Å². The van der Waals surface area contributed by atoms with E-state index in [2.05, 4.69) is 15.9 Å². The molecule has 5 heteroatoms. The molecule has 3 aromatic carbocycles. The Morgan fingerprint density at radius 1 is 0.963 bits per heavy atom. The van der Waals surface area contributed by atoms with Crippen LogP contribution >= 0.6 is 39.1 Å². The number of halogens is 3. The van der Waals surface area contributed by atoms with Gasteiger partial charge in [-0.05, 0) is 60.9 Å². The number of carbonyl (C=O) groups is 1. The van der Waals surface area contributed by atoms with Crippen molar-refractivity contribution in [1.82, 2.24) is 0 Å². The van der Waals surface area contributed by atoms with E-state index in [1.54, 1.807) is 23.1 Å². The van der Waals surface area contributed by atoms with E-state index in [1.165, 1.54) is 0 Å². The first-order valence-corrected chi connectivity index (χ1v) is 10.1. The van der Waals surface area contributed by atoms with Gasteiger partial charge >= 0.3 is 0 Å². The molecule has 4 rings (SSSR count). The minimum absolute atomic E-state index is 0.0185. The third-order valence-corrected chi connectivity index (χ3v) is 5.96. The van der Waals surface area contributed by atoms with Crippen LogP contribution in [0, 0.1) is 0 Å². The summed E-state index contributed by atoms with van der Waals surface area (Å²) in [5, 5.41) is 1.01. The van der Waals surface area contributed by atoms with E-state index >= 15 is 0 Å². The fourth-order valence-electron chi connectivity index (χ4n) is 3.71. The number of rotatable bonds is 3. The second kappa shape index (κ2) is 6.97. The van der Waals surface area contributed by atoms with E-state index in [9.17, 15) is 4.79 Å². The summed E-state index contributed by atoms with van der Waals surface area (Å²) in [7, 11) is 0. The molecular formula is C22H16BrCl2NO. The van der Waals surface area contributed by atoms with Crippen LogP contribution in [0.25, 0.3) is 0 Å². The Hall–Kier alpha value is -1.81. The molecule has 0 spiro atoms. The number of amides is 1.